The molecule has 2 aromatic rings. The first-order valence-corrected chi connectivity index (χ1v) is 11.5. The Balaban J connectivity index is 0. The maximum absolute atomic E-state index is 10.6. The first kappa shape index (κ1) is 33.9. The van der Waals surface area contributed by atoms with E-state index >= 15 is 0 Å². The van der Waals surface area contributed by atoms with Crippen molar-refractivity contribution in [1.29, 1.82) is 0 Å². The molecule has 34 heavy (non-hydrogen) atoms. The zero-order chi connectivity index (χ0) is 26.1. The summed E-state index contributed by atoms with van der Waals surface area (Å²) in [6.07, 6.45) is 0. The molecular formula is C18H22NaO13S2. The number of rotatable bonds is 5. The Hall–Kier alpha value is -2.24. The van der Waals surface area contributed by atoms with Crippen LogP contribution in [0.5, 0.6) is 11.5 Å². The van der Waals surface area contributed by atoms with Gasteiger partial charge in [-0.2, -0.15) is 16.8 Å². The van der Waals surface area contributed by atoms with Gasteiger partial charge in [0, 0.05) is 36.2 Å². The zero-order valence-electron chi connectivity index (χ0n) is 18.1. The number of aromatic hydroxyl groups is 2. The largest absolute Gasteiger partial charge is 0.507 e. The Labute approximate surface area is 217 Å². The van der Waals surface area contributed by atoms with E-state index in [4.69, 9.17) is 34.6 Å². The Morgan fingerprint density at radius 2 is 1.03 bits per heavy atom. The number of benzene rings is 2. The minimum atomic E-state index is -4.45. The van der Waals surface area contributed by atoms with Gasteiger partial charge >= 0.3 is 11.9 Å². The van der Waals surface area contributed by atoms with Crippen molar-refractivity contribution in [2.24, 2.45) is 5.92 Å². The first-order chi connectivity index (χ1) is 14.9. The Morgan fingerprint density at radius 3 is 1.21 bits per heavy atom. The van der Waals surface area contributed by atoms with Gasteiger partial charge in [-0.15, -0.1) is 0 Å². The van der Waals surface area contributed by atoms with Crippen molar-refractivity contribution < 1.29 is 61.1 Å². The van der Waals surface area contributed by atoms with Gasteiger partial charge in [0.05, 0.1) is 9.79 Å². The van der Waals surface area contributed by atoms with Gasteiger partial charge in [0.1, 0.15) is 22.6 Å². The van der Waals surface area contributed by atoms with E-state index in [0.29, 0.717) is 24.7 Å². The molecule has 0 aliphatic carbocycles. The Bertz CT molecular complexity index is 1110. The average Bonchev–Trinajstić information content (AvgIpc) is 2.67. The predicted molar refractivity (Wildman–Crippen MR) is 117 cm³/mol. The van der Waals surface area contributed by atoms with Gasteiger partial charge in [0.2, 0.25) is 0 Å². The van der Waals surface area contributed by atoms with Crippen LogP contribution in [-0.2, 0) is 20.2 Å². The number of aliphatic hydroxyl groups excluding tert-OH is 1. The van der Waals surface area contributed by atoms with Crippen LogP contribution < -0.4 is 0 Å². The topological polar surface area (TPSA) is 244 Å². The van der Waals surface area contributed by atoms with Gasteiger partial charge in [0.25, 0.3) is 20.2 Å². The number of phenols is 2. The number of carboxylic acids is 2. The predicted octanol–water partition coefficient (Wildman–Crippen LogP) is 0.928. The maximum atomic E-state index is 10.6. The van der Waals surface area contributed by atoms with Gasteiger partial charge in [0.15, 0.2) is 0 Å². The van der Waals surface area contributed by atoms with Crippen molar-refractivity contribution in [2.45, 2.75) is 23.6 Å². The molecule has 0 spiro atoms. The molecule has 0 aromatic heterocycles. The second kappa shape index (κ2) is 14.2. The molecule has 0 amide bonds. The van der Waals surface area contributed by atoms with E-state index in [0.717, 1.165) is 24.3 Å². The summed E-state index contributed by atoms with van der Waals surface area (Å²) >= 11 is 0. The summed E-state index contributed by atoms with van der Waals surface area (Å²) < 4.78 is 59.6. The standard InChI is InChI=1S/2C7H6O6S.C4H10O.Na/c2*8-6-2-1-4(14(11,12)13)3-5(6)7(9)10;1-4(2)3-5;/h2*1-3,8H,(H,9,10)(H,11,12,13);4-5H,3H2,1-2H3;. The molecule has 0 unspecified atom stereocenters. The minimum Gasteiger partial charge on any atom is -0.507 e. The van der Waals surface area contributed by atoms with Crippen molar-refractivity contribution in [2.75, 3.05) is 6.61 Å². The third kappa shape index (κ3) is 11.8. The van der Waals surface area contributed by atoms with Crippen molar-refractivity contribution >= 4 is 61.7 Å². The van der Waals surface area contributed by atoms with Gasteiger partial charge < -0.3 is 25.5 Å². The van der Waals surface area contributed by atoms with E-state index in [9.17, 15) is 26.4 Å². The van der Waals surface area contributed by atoms with Gasteiger partial charge in [-0.05, 0) is 42.3 Å². The van der Waals surface area contributed by atoms with Gasteiger partial charge in [-0.1, -0.05) is 13.8 Å². The van der Waals surface area contributed by atoms with Crippen LogP contribution in [0.2, 0.25) is 0 Å². The Morgan fingerprint density at radius 1 is 0.765 bits per heavy atom. The van der Waals surface area contributed by atoms with Crippen molar-refractivity contribution in [3.63, 3.8) is 0 Å². The van der Waals surface area contributed by atoms with Gasteiger partial charge in [-0.3, -0.25) is 9.11 Å². The third-order valence-corrected chi connectivity index (χ3v) is 5.06. The van der Waals surface area contributed by atoms with E-state index in [-0.39, 0.29) is 29.6 Å². The number of carboxylic acid groups (broad SMARTS) is 2. The van der Waals surface area contributed by atoms with E-state index < -0.39 is 64.6 Å². The summed E-state index contributed by atoms with van der Waals surface area (Å²) in [7, 11) is -8.90. The van der Waals surface area contributed by atoms with Crippen LogP contribution in [0.4, 0.5) is 0 Å². The van der Waals surface area contributed by atoms with Crippen LogP contribution in [0.25, 0.3) is 0 Å². The molecule has 1 radical (unpaired) electrons. The van der Waals surface area contributed by atoms with E-state index in [1.54, 1.807) is 0 Å². The molecule has 185 valence electrons. The number of carbonyl (C=O) groups is 2. The quantitative estimate of drug-likeness (QED) is 0.209. The fourth-order valence-corrected chi connectivity index (χ4v) is 2.71. The fourth-order valence-electron chi connectivity index (χ4n) is 1.69. The number of hydrogen-bond donors (Lipinski definition) is 7. The van der Waals surface area contributed by atoms with E-state index in [2.05, 4.69) is 0 Å². The first-order valence-electron chi connectivity index (χ1n) is 8.60. The second-order valence-corrected chi connectivity index (χ2v) is 9.34. The molecule has 0 aliphatic heterocycles. The summed E-state index contributed by atoms with van der Waals surface area (Å²) in [5.41, 5.74) is -1.17. The molecule has 0 fully saturated rings. The normalized spacial score (nSPS) is 10.6. The van der Waals surface area contributed by atoms with Crippen molar-refractivity contribution in [3.05, 3.63) is 47.5 Å². The van der Waals surface area contributed by atoms with Crippen LogP contribution >= 0.6 is 0 Å². The number of aliphatic hydroxyl groups is 1. The number of hydrogen-bond acceptors (Lipinski definition) is 9. The van der Waals surface area contributed by atoms with Crippen molar-refractivity contribution in [3.8, 4) is 11.5 Å². The van der Waals surface area contributed by atoms with Crippen LogP contribution in [0.15, 0.2) is 46.2 Å². The summed E-state index contributed by atoms with van der Waals surface area (Å²) in [5.74, 6) is -3.65. The van der Waals surface area contributed by atoms with Crippen LogP contribution in [0.3, 0.4) is 0 Å². The van der Waals surface area contributed by atoms with Crippen LogP contribution in [0.1, 0.15) is 34.6 Å². The summed E-state index contributed by atoms with van der Waals surface area (Å²) in [5, 5.41) is 43.2. The second-order valence-electron chi connectivity index (χ2n) is 6.49. The molecule has 2 rings (SSSR count). The van der Waals surface area contributed by atoms with Crippen LogP contribution in [0, 0.1) is 5.92 Å². The van der Waals surface area contributed by atoms with E-state index in [1.807, 2.05) is 13.8 Å². The molecule has 0 saturated heterocycles. The Kier molecular flexibility index (Phi) is 14.2. The maximum Gasteiger partial charge on any atom is 0.339 e. The third-order valence-electron chi connectivity index (χ3n) is 3.36. The van der Waals surface area contributed by atoms with E-state index in [1.165, 1.54) is 0 Å². The molecule has 7 N–H and O–H groups in total. The SMILES string of the molecule is CC(C)CO.O=C(O)c1cc(S(=O)(=O)O)ccc1O.O=C(O)c1cc(S(=O)(=O)O)ccc1O.[Na]. The summed E-state index contributed by atoms with van der Waals surface area (Å²) in [6.45, 7) is 4.25. The molecule has 0 atom stereocenters. The zero-order valence-corrected chi connectivity index (χ0v) is 21.8. The monoisotopic (exact) mass is 533 g/mol. The summed E-state index contributed by atoms with van der Waals surface area (Å²) in [4.78, 5) is 19.8. The number of aromatic carboxylic acids is 2. The minimum absolute atomic E-state index is 0. The van der Waals surface area contributed by atoms with Crippen molar-refractivity contribution in [1.82, 2.24) is 0 Å². The van der Waals surface area contributed by atoms with Gasteiger partial charge in [-0.25, -0.2) is 9.59 Å². The van der Waals surface area contributed by atoms with Crippen LogP contribution in [-0.4, -0.2) is 99.6 Å². The molecule has 16 heteroatoms. The summed E-state index contributed by atoms with van der Waals surface area (Å²) in [6, 6.07) is 4.91. The molecular weight excluding hydrogens is 511 g/mol. The molecule has 2 aromatic carbocycles. The molecule has 0 saturated carbocycles. The average molecular weight is 533 g/mol. The molecule has 0 aliphatic rings. The molecule has 13 nitrogen and oxygen atoms in total. The fraction of sp³-hybridized carbons (Fsp3) is 0.222. The molecule has 0 bridgehead atoms. The smallest absolute Gasteiger partial charge is 0.339 e. The molecule has 0 heterocycles.